The van der Waals surface area contributed by atoms with Gasteiger partial charge < -0.3 is 10.0 Å². The molecule has 1 aliphatic heterocycles. The van der Waals surface area contributed by atoms with Crippen LogP contribution in [0.4, 0.5) is 0 Å². The summed E-state index contributed by atoms with van der Waals surface area (Å²) in [5.41, 5.74) is 0.531. The van der Waals surface area contributed by atoms with Crippen molar-refractivity contribution in [1.29, 1.82) is 0 Å². The average molecular weight is 338 g/mol. The van der Waals surface area contributed by atoms with Crippen molar-refractivity contribution in [2.45, 2.75) is 12.8 Å². The zero-order valence-corrected chi connectivity index (χ0v) is 13.6. The number of hydrogen-bond donors (Lipinski definition) is 1. The van der Waals surface area contributed by atoms with E-state index in [4.69, 9.17) is 0 Å². The molecule has 1 aromatic carbocycles. The number of pyridine rings is 1. The molecule has 25 heavy (non-hydrogen) atoms. The number of ketones is 1. The highest BCUT2D eigenvalue weighted by Crippen LogP contribution is 2.23. The second kappa shape index (κ2) is 7.25. The lowest BCUT2D eigenvalue weighted by Gasteiger charge is -2.31. The van der Waals surface area contributed by atoms with Crippen LogP contribution in [0.5, 0.6) is 0 Å². The summed E-state index contributed by atoms with van der Waals surface area (Å²) in [6, 6.07) is 12.0. The number of carbonyl (C=O) groups is 3. The Morgan fingerprint density at radius 1 is 1.00 bits per heavy atom. The highest BCUT2D eigenvalue weighted by molar-refractivity contribution is 6.03. The molecule has 1 aliphatic rings. The van der Waals surface area contributed by atoms with Crippen LogP contribution in [-0.4, -0.2) is 45.7 Å². The van der Waals surface area contributed by atoms with Crippen LogP contribution in [0.15, 0.2) is 48.7 Å². The van der Waals surface area contributed by atoms with Crippen LogP contribution in [0.1, 0.15) is 44.0 Å². The van der Waals surface area contributed by atoms with Crippen molar-refractivity contribution in [2.75, 3.05) is 13.1 Å². The molecule has 1 fully saturated rings. The van der Waals surface area contributed by atoms with Gasteiger partial charge in [0.2, 0.25) is 0 Å². The minimum atomic E-state index is -1.18. The van der Waals surface area contributed by atoms with Crippen LogP contribution in [0.25, 0.3) is 0 Å². The summed E-state index contributed by atoms with van der Waals surface area (Å²) in [4.78, 5) is 41.8. The Bertz CT molecular complexity index is 796. The van der Waals surface area contributed by atoms with Crippen molar-refractivity contribution in [1.82, 2.24) is 9.88 Å². The lowest BCUT2D eigenvalue weighted by atomic mass is 9.88. The van der Waals surface area contributed by atoms with E-state index in [0.29, 0.717) is 31.5 Å². The van der Waals surface area contributed by atoms with Crippen molar-refractivity contribution in [3.63, 3.8) is 0 Å². The van der Waals surface area contributed by atoms with E-state index in [1.807, 2.05) is 18.2 Å². The summed E-state index contributed by atoms with van der Waals surface area (Å²) in [7, 11) is 0. The van der Waals surface area contributed by atoms with Gasteiger partial charge in [0.25, 0.3) is 5.91 Å². The number of aromatic nitrogens is 1. The predicted molar refractivity (Wildman–Crippen MR) is 90.6 cm³/mol. The van der Waals surface area contributed by atoms with Crippen LogP contribution in [0, 0.1) is 5.92 Å². The summed E-state index contributed by atoms with van der Waals surface area (Å²) in [6.45, 7) is 0.829. The Kier molecular flexibility index (Phi) is 4.88. The number of nitrogens with zero attached hydrogens (tertiary/aromatic N) is 2. The van der Waals surface area contributed by atoms with E-state index in [0.717, 1.165) is 0 Å². The van der Waals surface area contributed by atoms with E-state index in [2.05, 4.69) is 4.98 Å². The summed E-state index contributed by atoms with van der Waals surface area (Å²) in [5.74, 6) is -1.60. The number of rotatable bonds is 4. The van der Waals surface area contributed by atoms with Crippen molar-refractivity contribution in [2.24, 2.45) is 5.92 Å². The second-order valence-corrected chi connectivity index (χ2v) is 6.00. The molecule has 6 nitrogen and oxygen atoms in total. The molecular formula is C19H18N2O4. The average Bonchev–Trinajstić information content (AvgIpc) is 2.67. The SMILES string of the molecule is O=C(O)c1cccnc1C(=O)N1CCC(C(=O)c2ccccc2)CC1. The molecule has 0 atom stereocenters. The molecule has 2 heterocycles. The monoisotopic (exact) mass is 338 g/mol. The Labute approximate surface area is 145 Å². The lowest BCUT2D eigenvalue weighted by Crippen LogP contribution is -2.41. The number of Topliss-reactive ketones (excluding diaryl/α,β-unsaturated/α-hetero) is 1. The number of amides is 1. The van der Waals surface area contributed by atoms with Crippen LogP contribution >= 0.6 is 0 Å². The summed E-state index contributed by atoms with van der Waals surface area (Å²) in [5, 5.41) is 9.20. The minimum Gasteiger partial charge on any atom is -0.478 e. The topological polar surface area (TPSA) is 87.6 Å². The van der Waals surface area contributed by atoms with Gasteiger partial charge in [0, 0.05) is 30.8 Å². The van der Waals surface area contributed by atoms with Crippen LogP contribution in [0.3, 0.4) is 0 Å². The van der Waals surface area contributed by atoms with E-state index < -0.39 is 11.9 Å². The third kappa shape index (κ3) is 3.57. The first kappa shape index (κ1) is 16.8. The van der Waals surface area contributed by atoms with Crippen molar-refractivity contribution in [3.05, 3.63) is 65.5 Å². The normalized spacial score (nSPS) is 15.0. The summed E-state index contributed by atoms with van der Waals surface area (Å²) >= 11 is 0. The van der Waals surface area contributed by atoms with E-state index in [9.17, 15) is 19.5 Å². The Morgan fingerprint density at radius 3 is 2.32 bits per heavy atom. The van der Waals surface area contributed by atoms with E-state index in [-0.39, 0.29) is 23.0 Å². The molecule has 0 radical (unpaired) electrons. The Morgan fingerprint density at radius 2 is 1.68 bits per heavy atom. The van der Waals surface area contributed by atoms with Gasteiger partial charge in [-0.25, -0.2) is 4.79 Å². The number of carbonyl (C=O) groups excluding carboxylic acids is 2. The molecule has 0 unspecified atom stereocenters. The smallest absolute Gasteiger partial charge is 0.338 e. The number of piperidine rings is 1. The van der Waals surface area contributed by atoms with E-state index >= 15 is 0 Å². The maximum absolute atomic E-state index is 12.6. The molecule has 0 spiro atoms. The fraction of sp³-hybridized carbons (Fsp3) is 0.263. The standard InChI is InChI=1S/C19H18N2O4/c22-17(13-5-2-1-3-6-13)14-8-11-21(12-9-14)18(23)16-15(19(24)25)7-4-10-20-16/h1-7,10,14H,8-9,11-12H2,(H,24,25). The zero-order valence-electron chi connectivity index (χ0n) is 13.6. The van der Waals surface area contributed by atoms with Crippen molar-refractivity contribution < 1.29 is 19.5 Å². The van der Waals surface area contributed by atoms with Crippen molar-refractivity contribution in [3.8, 4) is 0 Å². The first-order chi connectivity index (χ1) is 12.1. The molecule has 0 aliphatic carbocycles. The number of likely N-dealkylation sites (tertiary alicyclic amines) is 1. The molecule has 2 aromatic rings. The van der Waals surface area contributed by atoms with Gasteiger partial charge in [-0.05, 0) is 25.0 Å². The molecule has 1 saturated heterocycles. The summed E-state index contributed by atoms with van der Waals surface area (Å²) in [6.07, 6.45) is 2.54. The molecule has 1 N–H and O–H groups in total. The van der Waals surface area contributed by atoms with Gasteiger partial charge in [-0.15, -0.1) is 0 Å². The molecule has 1 amide bonds. The Balaban J connectivity index is 1.68. The first-order valence-electron chi connectivity index (χ1n) is 8.15. The van der Waals surface area contributed by atoms with Gasteiger partial charge in [-0.1, -0.05) is 30.3 Å². The van der Waals surface area contributed by atoms with Gasteiger partial charge in [-0.2, -0.15) is 0 Å². The van der Waals surface area contributed by atoms with Crippen LogP contribution < -0.4 is 0 Å². The fourth-order valence-corrected chi connectivity index (χ4v) is 3.08. The molecule has 6 heteroatoms. The minimum absolute atomic E-state index is 0.0529. The maximum Gasteiger partial charge on any atom is 0.338 e. The molecule has 0 bridgehead atoms. The predicted octanol–water partition coefficient (Wildman–Crippen LogP) is 2.51. The molecule has 0 saturated carbocycles. The largest absolute Gasteiger partial charge is 0.478 e. The van der Waals surface area contributed by atoms with E-state index in [1.54, 1.807) is 17.0 Å². The molecule has 1 aromatic heterocycles. The quantitative estimate of drug-likeness (QED) is 0.866. The lowest BCUT2D eigenvalue weighted by molar-refractivity contribution is 0.0627. The number of carboxylic acid groups (broad SMARTS) is 1. The Hall–Kier alpha value is -3.02. The maximum atomic E-state index is 12.6. The van der Waals surface area contributed by atoms with Gasteiger partial charge in [0.15, 0.2) is 5.78 Å². The molecular weight excluding hydrogens is 320 g/mol. The first-order valence-corrected chi connectivity index (χ1v) is 8.15. The molecule has 128 valence electrons. The number of carboxylic acids is 1. The fourth-order valence-electron chi connectivity index (χ4n) is 3.08. The van der Waals surface area contributed by atoms with Crippen LogP contribution in [0.2, 0.25) is 0 Å². The van der Waals surface area contributed by atoms with Crippen LogP contribution in [-0.2, 0) is 0 Å². The number of aromatic carboxylic acids is 1. The highest BCUT2D eigenvalue weighted by atomic mass is 16.4. The number of hydrogen-bond acceptors (Lipinski definition) is 4. The van der Waals surface area contributed by atoms with E-state index in [1.165, 1.54) is 18.3 Å². The highest BCUT2D eigenvalue weighted by Gasteiger charge is 2.30. The van der Waals surface area contributed by atoms with Crippen molar-refractivity contribution >= 4 is 17.7 Å². The third-order valence-corrected chi connectivity index (χ3v) is 4.45. The van der Waals surface area contributed by atoms with Gasteiger partial charge in [0.05, 0.1) is 5.56 Å². The molecule has 3 rings (SSSR count). The van der Waals surface area contributed by atoms with Gasteiger partial charge >= 0.3 is 5.97 Å². The summed E-state index contributed by atoms with van der Waals surface area (Å²) < 4.78 is 0. The second-order valence-electron chi connectivity index (χ2n) is 6.00. The van der Waals surface area contributed by atoms with Gasteiger partial charge in [0.1, 0.15) is 5.69 Å². The number of benzene rings is 1. The zero-order chi connectivity index (χ0) is 17.8. The van der Waals surface area contributed by atoms with Gasteiger partial charge in [-0.3, -0.25) is 14.6 Å². The third-order valence-electron chi connectivity index (χ3n) is 4.45.